The first kappa shape index (κ1) is 50.9. The number of carboxylic acids is 1. The molecule has 65 heavy (non-hydrogen) atoms. The molecule has 2 unspecified atom stereocenters. The number of hydrogen-bond donors (Lipinski definition) is 3. The van der Waals surface area contributed by atoms with Gasteiger partial charge in [-0.1, -0.05) is 62.3 Å². The molecule has 1 saturated heterocycles. The number of nitrogens with zero attached hydrogens (tertiary/aromatic N) is 1. The third-order valence-corrected chi connectivity index (χ3v) is 22.3. The molecule has 3 N–H and O–H groups in total. The van der Waals surface area contributed by atoms with Gasteiger partial charge in [0.1, 0.15) is 12.7 Å². The van der Waals surface area contributed by atoms with Crippen molar-refractivity contribution < 1.29 is 46.9 Å². The molecule has 0 aromatic carbocycles. The van der Waals surface area contributed by atoms with E-state index in [2.05, 4.69) is 64.0 Å². The summed E-state index contributed by atoms with van der Waals surface area (Å²) in [6.07, 6.45) is 10.9. The third-order valence-electron chi connectivity index (χ3n) is 20.7. The molecule has 14 heteroatoms. The number of methoxy groups -OCH3 is 1. The fourth-order valence-electron chi connectivity index (χ4n) is 16.6. The number of fused-ring (bicyclic) bond motifs is 7. The van der Waals surface area contributed by atoms with E-state index >= 15 is 0 Å². The van der Waals surface area contributed by atoms with E-state index in [-0.39, 0.29) is 82.0 Å². The number of aliphatic carboxylic acids is 1. The minimum atomic E-state index is -3.09. The van der Waals surface area contributed by atoms with Gasteiger partial charge >= 0.3 is 18.0 Å². The van der Waals surface area contributed by atoms with Crippen LogP contribution in [0.2, 0.25) is 0 Å². The maximum absolute atomic E-state index is 13.7. The largest absolute Gasteiger partial charge is 0.481 e. The molecule has 7 fully saturated rings. The second kappa shape index (κ2) is 18.7. The van der Waals surface area contributed by atoms with Gasteiger partial charge in [0.2, 0.25) is 0 Å². The van der Waals surface area contributed by atoms with Gasteiger partial charge < -0.3 is 34.7 Å². The smallest absolute Gasteiger partial charge is 0.407 e. The molecular weight excluding hydrogens is 847 g/mol. The fraction of sp³-hybridized carbons (Fsp3) is 0.941. The van der Waals surface area contributed by atoms with E-state index < -0.39 is 33.2 Å². The molecule has 13 nitrogen and oxygen atoms in total. The lowest BCUT2D eigenvalue weighted by Crippen LogP contribution is -2.69. The average molecular weight is 934 g/mol. The Balaban J connectivity index is 1.07. The van der Waals surface area contributed by atoms with Gasteiger partial charge in [-0.2, -0.15) is 0 Å². The van der Waals surface area contributed by atoms with Gasteiger partial charge in [-0.05, 0) is 135 Å². The summed E-state index contributed by atoms with van der Waals surface area (Å²) >= 11 is 0. The summed E-state index contributed by atoms with van der Waals surface area (Å²) in [6.45, 7) is 26.2. The number of amides is 1. The summed E-state index contributed by atoms with van der Waals surface area (Å²) < 4.78 is 47.7. The number of hydrogen-bond acceptors (Lipinski definition) is 11. The van der Waals surface area contributed by atoms with Crippen LogP contribution in [0.3, 0.4) is 0 Å². The van der Waals surface area contributed by atoms with Crippen molar-refractivity contribution in [3.63, 3.8) is 0 Å². The molecule has 14 atom stereocenters. The molecule has 1 aliphatic heterocycles. The van der Waals surface area contributed by atoms with E-state index in [4.69, 9.17) is 18.9 Å². The summed E-state index contributed by atoms with van der Waals surface area (Å²) in [5.74, 6) is 1.55. The predicted octanol–water partition coefficient (Wildman–Crippen LogP) is 7.60. The molecule has 0 radical (unpaired) electrons. The quantitative estimate of drug-likeness (QED) is 0.103. The lowest BCUT2D eigenvalue weighted by atomic mass is 9.32. The number of carboxylic acid groups (broad SMARTS) is 1. The Labute approximate surface area is 391 Å². The van der Waals surface area contributed by atoms with Gasteiger partial charge in [-0.15, -0.1) is 0 Å². The molecule has 372 valence electrons. The summed E-state index contributed by atoms with van der Waals surface area (Å²) in [5.41, 5.74) is -0.398. The molecule has 0 aromatic heterocycles. The van der Waals surface area contributed by atoms with E-state index in [0.717, 1.165) is 38.5 Å². The van der Waals surface area contributed by atoms with Crippen LogP contribution in [0.4, 0.5) is 4.79 Å². The molecule has 0 spiro atoms. The fourth-order valence-corrected chi connectivity index (χ4v) is 17.8. The summed E-state index contributed by atoms with van der Waals surface area (Å²) in [4.78, 5) is 40.9. The van der Waals surface area contributed by atoms with Crippen LogP contribution >= 0.6 is 0 Å². The summed E-state index contributed by atoms with van der Waals surface area (Å²) in [5, 5.41) is 17.1. The van der Waals surface area contributed by atoms with E-state index in [0.29, 0.717) is 74.8 Å². The summed E-state index contributed by atoms with van der Waals surface area (Å²) in [7, 11) is -1.48. The number of carbonyl (C=O) groups excluding carboxylic acids is 2. The molecule has 7 aliphatic rings. The molecule has 0 bridgehead atoms. The minimum absolute atomic E-state index is 0.0350. The Hall–Kier alpha value is -2.00. The van der Waals surface area contributed by atoms with Crippen molar-refractivity contribution >= 4 is 27.9 Å². The molecule has 6 aliphatic carbocycles. The van der Waals surface area contributed by atoms with E-state index in [1.54, 1.807) is 7.11 Å². The molecule has 1 heterocycles. The molecule has 6 saturated carbocycles. The van der Waals surface area contributed by atoms with Crippen LogP contribution in [0.5, 0.6) is 0 Å². The maximum atomic E-state index is 13.7. The summed E-state index contributed by atoms with van der Waals surface area (Å²) in [6, 6.07) is -0.390. The zero-order valence-electron chi connectivity index (χ0n) is 42.0. The second-order valence-corrected chi connectivity index (χ2v) is 26.7. The van der Waals surface area contributed by atoms with Crippen molar-refractivity contribution in [2.75, 3.05) is 64.7 Å². The number of sulfone groups is 1. The van der Waals surface area contributed by atoms with Crippen LogP contribution in [0.25, 0.3) is 0 Å². The minimum Gasteiger partial charge on any atom is -0.481 e. The standard InChI is InChI=1S/C51H87N3O10S/c1-32(2)34-14-19-51(52-31-38(54-22-28-65(59,60)29-23-54)33(3)53-45(58)63-27-26-62-25-24-61-11)21-20-49(9)35(42(34)51)12-13-40-48(8)17-16-41(47(6,7)39(48)15-18-50(40,49)10)64-44(57)37-30-36(43(55)56)46(37,4)5/h32-42,52H,12-31H2,1-11H3,(H,53,58)(H,55,56)/t33?,34-,35+,36-,37+,38?,39-,40+,41-,42+,48-,49+,50+,51-/m0/s1. The van der Waals surface area contributed by atoms with Crippen LogP contribution in [0, 0.1) is 74.4 Å². The Bertz CT molecular complexity index is 1840. The van der Waals surface area contributed by atoms with Gasteiger partial charge in [0.05, 0.1) is 43.2 Å². The molecular formula is C51H87N3O10S. The van der Waals surface area contributed by atoms with E-state index in [1.807, 2.05) is 20.8 Å². The van der Waals surface area contributed by atoms with Gasteiger partial charge in [0, 0.05) is 49.8 Å². The van der Waals surface area contributed by atoms with Crippen LogP contribution < -0.4 is 10.6 Å². The molecule has 0 aromatic rings. The predicted molar refractivity (Wildman–Crippen MR) is 251 cm³/mol. The Morgan fingerprint density at radius 1 is 0.769 bits per heavy atom. The van der Waals surface area contributed by atoms with E-state index in [1.165, 1.54) is 25.7 Å². The number of alkyl carbamates (subject to hydrolysis) is 1. The van der Waals surface area contributed by atoms with Crippen LogP contribution in [-0.4, -0.2) is 125 Å². The highest BCUT2D eigenvalue weighted by Crippen LogP contribution is 2.76. The zero-order valence-corrected chi connectivity index (χ0v) is 42.8. The first-order valence-electron chi connectivity index (χ1n) is 25.5. The second-order valence-electron chi connectivity index (χ2n) is 24.4. The maximum Gasteiger partial charge on any atom is 0.407 e. The highest BCUT2D eigenvalue weighted by atomic mass is 32.2. The number of esters is 1. The van der Waals surface area contributed by atoms with Crippen molar-refractivity contribution in [1.29, 1.82) is 0 Å². The van der Waals surface area contributed by atoms with Crippen molar-refractivity contribution in [3.05, 3.63) is 0 Å². The van der Waals surface area contributed by atoms with Gasteiger partial charge in [-0.25, -0.2) is 13.2 Å². The monoisotopic (exact) mass is 934 g/mol. The highest BCUT2D eigenvalue weighted by molar-refractivity contribution is 7.91. The number of ether oxygens (including phenoxy) is 4. The molecule has 1 amide bonds. The van der Waals surface area contributed by atoms with Gasteiger partial charge in [-0.3, -0.25) is 14.5 Å². The third kappa shape index (κ3) is 9.06. The zero-order chi connectivity index (χ0) is 47.5. The van der Waals surface area contributed by atoms with Crippen LogP contribution in [-0.2, 0) is 38.4 Å². The van der Waals surface area contributed by atoms with E-state index in [9.17, 15) is 27.9 Å². The number of rotatable bonds is 16. The van der Waals surface area contributed by atoms with Crippen molar-refractivity contribution in [2.45, 2.75) is 164 Å². The lowest BCUT2D eigenvalue weighted by Gasteiger charge is -2.73. The van der Waals surface area contributed by atoms with Gasteiger partial charge in [0.25, 0.3) is 0 Å². The number of carbonyl (C=O) groups is 3. The average Bonchev–Trinajstić information content (AvgIpc) is 3.60. The Morgan fingerprint density at radius 2 is 1.46 bits per heavy atom. The van der Waals surface area contributed by atoms with Crippen LogP contribution in [0.1, 0.15) is 140 Å². The van der Waals surface area contributed by atoms with Crippen molar-refractivity contribution in [3.8, 4) is 0 Å². The lowest BCUT2D eigenvalue weighted by molar-refractivity contribution is -0.249. The van der Waals surface area contributed by atoms with Crippen molar-refractivity contribution in [2.24, 2.45) is 74.4 Å². The normalized spacial score (nSPS) is 41.4. The first-order valence-corrected chi connectivity index (χ1v) is 27.3. The SMILES string of the molecule is COCCOCCOC(=O)NC(C)C(CN[C@]12CC[C@@H](C(C)C)[C@@H]1[C@H]1CC[C@@H]3[C@@]4(C)CC[C@H](OC(=O)[C@H]5C[C@@H](C(=O)O)C5(C)C)C(C)(C)[C@@H]4CC[C@@]3(C)[C@]1(C)CC2)N1CCS(=O)(=O)CC1. The number of nitrogens with one attached hydrogen (secondary N) is 2. The van der Waals surface area contributed by atoms with Crippen molar-refractivity contribution in [1.82, 2.24) is 15.5 Å². The first-order chi connectivity index (χ1) is 30.4. The van der Waals surface area contributed by atoms with Crippen LogP contribution in [0.15, 0.2) is 0 Å². The highest BCUT2D eigenvalue weighted by Gasteiger charge is 2.71. The molecule has 7 rings (SSSR count). The van der Waals surface area contributed by atoms with Gasteiger partial charge in [0.15, 0.2) is 9.84 Å². The topological polar surface area (TPSA) is 170 Å². The Morgan fingerprint density at radius 3 is 2.11 bits per heavy atom. The Kier molecular flexibility index (Phi) is 14.7.